The molecule has 0 amide bonds. The fourth-order valence-corrected chi connectivity index (χ4v) is 4.17. The van der Waals surface area contributed by atoms with Gasteiger partial charge in [0, 0.05) is 0 Å². The van der Waals surface area contributed by atoms with Crippen LogP contribution in [-0.2, 0) is 4.79 Å². The highest BCUT2D eigenvalue weighted by molar-refractivity contribution is 9.11. The van der Waals surface area contributed by atoms with Crippen LogP contribution in [0.1, 0.15) is 0 Å². The molecular weight excluding hydrogens is 473 g/mol. The SMILES string of the molecule is O=C(C(Cl)(Br)C=C(Cl)Cl)C(Cl)(Br)C=C(Cl)Cl. The van der Waals surface area contributed by atoms with Crippen LogP contribution in [0.2, 0.25) is 0 Å². The first-order chi connectivity index (χ1) is 6.99. The Balaban J connectivity index is 5.21. The van der Waals surface area contributed by atoms with E-state index in [2.05, 4.69) is 31.9 Å². The molecule has 0 N–H and O–H groups in total. The largest absolute Gasteiger partial charge is 0.293 e. The number of carbonyl (C=O) groups is 1. The number of hydrogen-bond donors (Lipinski definition) is 0. The molecule has 1 nitrogen and oxygen atoms in total. The number of Topliss-reactive ketones (excluding diaryl/α,β-unsaturated/α-hetero) is 1. The van der Waals surface area contributed by atoms with Crippen LogP contribution in [0.5, 0.6) is 0 Å². The molecule has 2 atom stereocenters. The summed E-state index contributed by atoms with van der Waals surface area (Å²) in [5.41, 5.74) is 0. The number of allylic oxidation sites excluding steroid dienone is 2. The Morgan fingerprint density at radius 3 is 1.31 bits per heavy atom. The monoisotopic (exact) mass is 470 g/mol. The Kier molecular flexibility index (Phi) is 7.65. The molecule has 0 aromatic carbocycles. The molecular formula is C7H2Br2Cl6O. The van der Waals surface area contributed by atoms with Crippen molar-refractivity contribution < 1.29 is 4.79 Å². The predicted molar refractivity (Wildman–Crippen MR) is 79.6 cm³/mol. The average molecular weight is 475 g/mol. The summed E-state index contributed by atoms with van der Waals surface area (Å²) in [7, 11) is 0. The number of hydrogen-bond acceptors (Lipinski definition) is 1. The fourth-order valence-electron chi connectivity index (χ4n) is 0.627. The van der Waals surface area contributed by atoms with Gasteiger partial charge >= 0.3 is 0 Å². The summed E-state index contributed by atoms with van der Waals surface area (Å²) >= 11 is 39.1. The molecule has 0 fully saturated rings. The second-order valence-corrected chi connectivity index (χ2v) is 9.07. The molecule has 0 heterocycles. The van der Waals surface area contributed by atoms with Crippen LogP contribution in [0.25, 0.3) is 0 Å². The highest BCUT2D eigenvalue weighted by Crippen LogP contribution is 2.41. The van der Waals surface area contributed by atoms with E-state index in [-0.39, 0.29) is 8.98 Å². The van der Waals surface area contributed by atoms with E-state index in [1.165, 1.54) is 0 Å². The summed E-state index contributed by atoms with van der Waals surface area (Å²) in [5, 5.41) is 0. The molecule has 0 saturated carbocycles. The first kappa shape index (κ1) is 17.8. The van der Waals surface area contributed by atoms with Crippen LogP contribution in [0.4, 0.5) is 0 Å². The van der Waals surface area contributed by atoms with Crippen LogP contribution in [0.3, 0.4) is 0 Å². The van der Waals surface area contributed by atoms with Crippen LogP contribution in [0, 0.1) is 0 Å². The lowest BCUT2D eigenvalue weighted by atomic mass is 10.2. The van der Waals surface area contributed by atoms with Crippen molar-refractivity contribution in [1.82, 2.24) is 0 Å². The molecule has 9 heteroatoms. The van der Waals surface area contributed by atoms with E-state index in [4.69, 9.17) is 69.6 Å². The quantitative estimate of drug-likeness (QED) is 0.467. The van der Waals surface area contributed by atoms with Crippen LogP contribution >= 0.6 is 101 Å². The summed E-state index contributed by atoms with van der Waals surface area (Å²) in [5.74, 6) is -0.707. The molecule has 2 unspecified atom stereocenters. The number of carbonyl (C=O) groups excluding carboxylic acids is 1. The van der Waals surface area contributed by atoms with E-state index in [1.54, 1.807) is 0 Å². The van der Waals surface area contributed by atoms with Gasteiger partial charge in [-0.1, -0.05) is 101 Å². The molecule has 0 saturated heterocycles. The maximum atomic E-state index is 11.9. The standard InChI is InChI=1S/C7H2Br2Cl6O/c8-6(14,1-3(10)11)5(16)7(9,15)2-4(12)13/h1-2H. The van der Waals surface area contributed by atoms with Crippen molar-refractivity contribution in [2.24, 2.45) is 0 Å². The summed E-state index contributed by atoms with van der Waals surface area (Å²) in [4.78, 5) is 11.9. The minimum Gasteiger partial charge on any atom is -0.293 e. The van der Waals surface area contributed by atoms with Gasteiger partial charge in [-0.15, -0.1) is 0 Å². The van der Waals surface area contributed by atoms with Gasteiger partial charge in [-0.2, -0.15) is 0 Å². The molecule has 0 rings (SSSR count). The Hall–Kier alpha value is 1.85. The van der Waals surface area contributed by atoms with Gasteiger partial charge in [-0.3, -0.25) is 4.79 Å². The number of alkyl halides is 4. The number of rotatable bonds is 4. The van der Waals surface area contributed by atoms with Gasteiger partial charge in [0.15, 0.2) is 7.57 Å². The summed E-state index contributed by atoms with van der Waals surface area (Å²) in [6, 6.07) is 0. The summed E-state index contributed by atoms with van der Waals surface area (Å²) in [6.07, 6.45) is 2.13. The zero-order valence-electron chi connectivity index (χ0n) is 7.09. The Morgan fingerprint density at radius 1 is 0.875 bits per heavy atom. The van der Waals surface area contributed by atoms with Crippen molar-refractivity contribution in [2.75, 3.05) is 0 Å². The maximum Gasteiger partial charge on any atom is 0.204 e. The van der Waals surface area contributed by atoms with Crippen molar-refractivity contribution in [3.05, 3.63) is 21.1 Å². The van der Waals surface area contributed by atoms with Gasteiger partial charge in [0.25, 0.3) is 0 Å². The van der Waals surface area contributed by atoms with E-state index in [1.807, 2.05) is 0 Å². The highest BCUT2D eigenvalue weighted by atomic mass is 79.9. The van der Waals surface area contributed by atoms with Gasteiger partial charge in [-0.05, 0) is 12.2 Å². The minimum atomic E-state index is -1.67. The van der Waals surface area contributed by atoms with Gasteiger partial charge in [0.1, 0.15) is 8.98 Å². The van der Waals surface area contributed by atoms with Crippen LogP contribution < -0.4 is 0 Å². The predicted octanol–water partition coefficient (Wildman–Crippen LogP) is 5.85. The molecule has 0 bridgehead atoms. The molecule has 0 spiro atoms. The molecule has 0 aromatic rings. The zero-order chi connectivity index (χ0) is 13.1. The second-order valence-electron chi connectivity index (χ2n) is 2.44. The number of halogens is 8. The third kappa shape index (κ3) is 6.14. The normalized spacial score (nSPS) is 18.0. The first-order valence-electron chi connectivity index (χ1n) is 3.37. The molecule has 92 valence electrons. The summed E-state index contributed by atoms with van der Waals surface area (Å²) in [6.45, 7) is 0. The smallest absolute Gasteiger partial charge is 0.204 e. The van der Waals surface area contributed by atoms with Crippen molar-refractivity contribution in [3.63, 3.8) is 0 Å². The molecule has 16 heavy (non-hydrogen) atoms. The van der Waals surface area contributed by atoms with Crippen molar-refractivity contribution in [2.45, 2.75) is 7.57 Å². The van der Waals surface area contributed by atoms with Gasteiger partial charge in [0.05, 0.1) is 0 Å². The molecule has 0 radical (unpaired) electrons. The lowest BCUT2D eigenvalue weighted by Crippen LogP contribution is -2.36. The molecule has 0 aliphatic heterocycles. The highest BCUT2D eigenvalue weighted by Gasteiger charge is 2.44. The molecule has 0 aromatic heterocycles. The van der Waals surface area contributed by atoms with Crippen molar-refractivity contribution in [1.29, 1.82) is 0 Å². The Bertz CT molecular complexity index is 309. The third-order valence-corrected chi connectivity index (χ3v) is 3.36. The second kappa shape index (κ2) is 6.85. The minimum absolute atomic E-state index is 0.193. The van der Waals surface area contributed by atoms with Crippen LogP contribution in [0.15, 0.2) is 21.1 Å². The van der Waals surface area contributed by atoms with Gasteiger partial charge in [-0.25, -0.2) is 0 Å². The lowest BCUT2D eigenvalue weighted by molar-refractivity contribution is -0.118. The fraction of sp³-hybridized carbons (Fsp3) is 0.286. The van der Waals surface area contributed by atoms with Crippen molar-refractivity contribution in [3.8, 4) is 0 Å². The zero-order valence-corrected chi connectivity index (χ0v) is 14.8. The van der Waals surface area contributed by atoms with E-state index in [0.29, 0.717) is 0 Å². The Labute approximate surface area is 139 Å². The first-order valence-corrected chi connectivity index (χ1v) is 7.22. The Morgan fingerprint density at radius 2 is 1.12 bits per heavy atom. The average Bonchev–Trinajstić information content (AvgIpc) is 1.97. The number of ketones is 1. The topological polar surface area (TPSA) is 17.1 Å². The van der Waals surface area contributed by atoms with E-state index in [9.17, 15) is 4.79 Å². The maximum absolute atomic E-state index is 11.9. The third-order valence-electron chi connectivity index (χ3n) is 1.19. The van der Waals surface area contributed by atoms with Crippen LogP contribution in [-0.4, -0.2) is 13.4 Å². The molecule has 0 aliphatic rings. The van der Waals surface area contributed by atoms with Crippen molar-refractivity contribution >= 4 is 107 Å². The van der Waals surface area contributed by atoms with E-state index in [0.717, 1.165) is 12.2 Å². The molecule has 0 aliphatic carbocycles. The van der Waals surface area contributed by atoms with Gasteiger partial charge in [0.2, 0.25) is 5.78 Å². The lowest BCUT2D eigenvalue weighted by Gasteiger charge is -2.22. The van der Waals surface area contributed by atoms with E-state index < -0.39 is 13.4 Å². The van der Waals surface area contributed by atoms with E-state index >= 15 is 0 Å². The summed E-state index contributed by atoms with van der Waals surface area (Å²) < 4.78 is -3.73. The van der Waals surface area contributed by atoms with Gasteiger partial charge < -0.3 is 0 Å².